The van der Waals surface area contributed by atoms with Gasteiger partial charge in [0.15, 0.2) is 0 Å². The molecule has 0 aliphatic rings. The number of nitrogens with one attached hydrogen (secondary N) is 1. The fraction of sp³-hybridized carbons (Fsp3) is 0.500. The molecule has 22 heavy (non-hydrogen) atoms. The molecule has 1 amide bonds. The van der Waals surface area contributed by atoms with E-state index in [9.17, 15) is 4.79 Å². The average molecular weight is 304 g/mol. The highest BCUT2D eigenvalue weighted by Crippen LogP contribution is 2.13. The molecule has 0 saturated carbocycles. The minimum absolute atomic E-state index is 0.106. The summed E-state index contributed by atoms with van der Waals surface area (Å²) in [4.78, 5) is 12.3. The Bertz CT molecular complexity index is 575. The highest BCUT2D eigenvalue weighted by atomic mass is 16.5. The zero-order valence-electron chi connectivity index (χ0n) is 13.3. The largest absolute Gasteiger partial charge is 0.381 e. The highest BCUT2D eigenvalue weighted by molar-refractivity contribution is 5.97. The van der Waals surface area contributed by atoms with E-state index in [1.807, 2.05) is 36.1 Å². The van der Waals surface area contributed by atoms with E-state index in [1.54, 1.807) is 10.9 Å². The Morgan fingerprint density at radius 1 is 1.27 bits per heavy atom. The predicted octanol–water partition coefficient (Wildman–Crippen LogP) is 2.15. The molecule has 0 aliphatic heterocycles. The van der Waals surface area contributed by atoms with Gasteiger partial charge in [0.05, 0.1) is 6.20 Å². The second-order valence-corrected chi connectivity index (χ2v) is 5.17. The summed E-state index contributed by atoms with van der Waals surface area (Å²) < 4.78 is 9.06. The predicted molar refractivity (Wildman–Crippen MR) is 85.2 cm³/mol. The third-order valence-electron chi connectivity index (χ3n) is 3.39. The summed E-state index contributed by atoms with van der Waals surface area (Å²) in [6.45, 7) is 4.22. The van der Waals surface area contributed by atoms with Gasteiger partial charge in [0, 0.05) is 39.2 Å². The van der Waals surface area contributed by atoms with Crippen LogP contribution in [0.2, 0.25) is 0 Å². The average Bonchev–Trinajstić information content (AvgIpc) is 3.15. The second kappa shape index (κ2) is 8.38. The third kappa shape index (κ3) is 4.21. The Morgan fingerprint density at radius 2 is 2.00 bits per heavy atom. The molecular formula is C16H24N4O2. The number of carbonyl (C=O) groups is 1. The molecule has 0 bridgehead atoms. The van der Waals surface area contributed by atoms with Crippen molar-refractivity contribution in [1.29, 1.82) is 0 Å². The van der Waals surface area contributed by atoms with Crippen LogP contribution in [0.3, 0.4) is 0 Å². The number of ether oxygens (including phenoxy) is 1. The molecular weight excluding hydrogens is 280 g/mol. The van der Waals surface area contributed by atoms with Gasteiger partial charge in [-0.1, -0.05) is 13.3 Å². The van der Waals surface area contributed by atoms with Gasteiger partial charge in [-0.2, -0.15) is 5.10 Å². The summed E-state index contributed by atoms with van der Waals surface area (Å²) in [5, 5.41) is 7.10. The lowest BCUT2D eigenvalue weighted by Gasteiger charge is -2.08. The lowest BCUT2D eigenvalue weighted by atomic mass is 10.3. The van der Waals surface area contributed by atoms with E-state index in [0.29, 0.717) is 18.7 Å². The molecule has 0 aromatic carbocycles. The van der Waals surface area contributed by atoms with Crippen LogP contribution in [-0.4, -0.2) is 40.0 Å². The maximum Gasteiger partial charge on any atom is 0.256 e. The van der Waals surface area contributed by atoms with Crippen molar-refractivity contribution < 1.29 is 9.53 Å². The minimum atomic E-state index is -0.106. The van der Waals surface area contributed by atoms with Gasteiger partial charge >= 0.3 is 0 Å². The van der Waals surface area contributed by atoms with Gasteiger partial charge in [-0.05, 0) is 25.0 Å². The Labute approximate surface area is 131 Å². The summed E-state index contributed by atoms with van der Waals surface area (Å²) in [5.74, 6) is 0.659. The van der Waals surface area contributed by atoms with Crippen molar-refractivity contribution in [2.45, 2.75) is 26.2 Å². The topological polar surface area (TPSA) is 61.1 Å². The first-order valence-corrected chi connectivity index (χ1v) is 7.75. The zero-order valence-corrected chi connectivity index (χ0v) is 13.3. The monoisotopic (exact) mass is 304 g/mol. The molecule has 0 aliphatic carbocycles. The van der Waals surface area contributed by atoms with E-state index >= 15 is 0 Å². The van der Waals surface area contributed by atoms with Crippen LogP contribution < -0.4 is 5.32 Å². The lowest BCUT2D eigenvalue weighted by molar-refractivity contribution is 0.0940. The highest BCUT2D eigenvalue weighted by Gasteiger charge is 2.16. The first-order valence-electron chi connectivity index (χ1n) is 7.75. The molecule has 6 heteroatoms. The smallest absolute Gasteiger partial charge is 0.256 e. The summed E-state index contributed by atoms with van der Waals surface area (Å²) in [6.07, 6.45) is 8.43. The van der Waals surface area contributed by atoms with Crippen LogP contribution in [0.1, 0.15) is 36.5 Å². The molecule has 0 fully saturated rings. The number of rotatable bonds is 9. The van der Waals surface area contributed by atoms with E-state index in [0.717, 1.165) is 31.7 Å². The summed E-state index contributed by atoms with van der Waals surface area (Å²) in [5.41, 5.74) is 0.575. The van der Waals surface area contributed by atoms with Gasteiger partial charge in [0.1, 0.15) is 11.4 Å². The number of aryl methyl sites for hydroxylation is 1. The van der Waals surface area contributed by atoms with Crippen LogP contribution in [0.5, 0.6) is 0 Å². The number of amides is 1. The Balaban J connectivity index is 1.84. The Hall–Kier alpha value is -2.08. The molecule has 2 aromatic heterocycles. The summed E-state index contributed by atoms with van der Waals surface area (Å²) in [6, 6.07) is 3.84. The maximum absolute atomic E-state index is 12.3. The van der Waals surface area contributed by atoms with Crippen LogP contribution in [-0.2, 0) is 11.8 Å². The van der Waals surface area contributed by atoms with E-state index in [2.05, 4.69) is 17.3 Å². The number of unbranched alkanes of at least 4 members (excludes halogenated alkanes) is 1. The van der Waals surface area contributed by atoms with Gasteiger partial charge in [-0.3, -0.25) is 9.48 Å². The Morgan fingerprint density at radius 3 is 2.73 bits per heavy atom. The number of nitrogens with zero attached hydrogens (tertiary/aromatic N) is 3. The van der Waals surface area contributed by atoms with E-state index in [4.69, 9.17) is 4.74 Å². The molecule has 0 atom stereocenters. The molecule has 6 nitrogen and oxygen atoms in total. The van der Waals surface area contributed by atoms with Gasteiger partial charge in [0.2, 0.25) is 0 Å². The van der Waals surface area contributed by atoms with Crippen molar-refractivity contribution >= 4 is 5.91 Å². The van der Waals surface area contributed by atoms with Crippen molar-refractivity contribution in [3.63, 3.8) is 0 Å². The van der Waals surface area contributed by atoms with E-state index in [-0.39, 0.29) is 5.91 Å². The van der Waals surface area contributed by atoms with Gasteiger partial charge in [-0.25, -0.2) is 0 Å². The number of hydrogen-bond acceptors (Lipinski definition) is 3. The van der Waals surface area contributed by atoms with Crippen molar-refractivity contribution in [3.05, 3.63) is 36.3 Å². The first-order chi connectivity index (χ1) is 10.7. The lowest BCUT2D eigenvalue weighted by Crippen LogP contribution is -2.26. The maximum atomic E-state index is 12.3. The van der Waals surface area contributed by atoms with Crippen LogP contribution in [0, 0.1) is 0 Å². The fourth-order valence-electron chi connectivity index (χ4n) is 2.19. The fourth-order valence-corrected chi connectivity index (χ4v) is 2.19. The number of aromatic nitrogens is 3. The molecule has 1 N–H and O–H groups in total. The molecule has 2 rings (SSSR count). The summed E-state index contributed by atoms with van der Waals surface area (Å²) in [7, 11) is 1.83. The van der Waals surface area contributed by atoms with Crippen molar-refractivity contribution in [3.8, 4) is 5.82 Å². The molecule has 0 saturated heterocycles. The van der Waals surface area contributed by atoms with Gasteiger partial charge in [0.25, 0.3) is 5.91 Å². The zero-order chi connectivity index (χ0) is 15.8. The molecule has 2 aromatic rings. The minimum Gasteiger partial charge on any atom is -0.381 e. The number of hydrogen-bond donors (Lipinski definition) is 1. The van der Waals surface area contributed by atoms with E-state index < -0.39 is 0 Å². The molecule has 0 unspecified atom stereocenters. The Kier molecular flexibility index (Phi) is 6.21. The van der Waals surface area contributed by atoms with Gasteiger partial charge in [-0.15, -0.1) is 0 Å². The van der Waals surface area contributed by atoms with Crippen LogP contribution >= 0.6 is 0 Å². The van der Waals surface area contributed by atoms with Crippen LogP contribution in [0.15, 0.2) is 30.7 Å². The second-order valence-electron chi connectivity index (χ2n) is 5.17. The SMILES string of the molecule is CCCCOCCCNC(=O)c1cnn(C)c1-n1cccc1. The van der Waals surface area contributed by atoms with Crippen molar-refractivity contribution in [2.75, 3.05) is 19.8 Å². The molecule has 2 heterocycles. The number of carbonyl (C=O) groups excluding carboxylic acids is 1. The van der Waals surface area contributed by atoms with E-state index in [1.165, 1.54) is 0 Å². The quantitative estimate of drug-likeness (QED) is 0.722. The van der Waals surface area contributed by atoms with Crippen LogP contribution in [0.25, 0.3) is 5.82 Å². The van der Waals surface area contributed by atoms with Crippen LogP contribution in [0.4, 0.5) is 0 Å². The standard InChI is InChI=1S/C16H24N4O2/c1-3-4-11-22-12-7-8-17-15(21)14-13-18-19(2)16(14)20-9-5-6-10-20/h5-6,9-10,13H,3-4,7-8,11-12H2,1-2H3,(H,17,21). The first kappa shape index (κ1) is 16.3. The molecule has 0 radical (unpaired) electrons. The van der Waals surface area contributed by atoms with Crippen molar-refractivity contribution in [2.24, 2.45) is 7.05 Å². The summed E-state index contributed by atoms with van der Waals surface area (Å²) >= 11 is 0. The van der Waals surface area contributed by atoms with Gasteiger partial charge < -0.3 is 14.6 Å². The molecule has 120 valence electrons. The third-order valence-corrected chi connectivity index (χ3v) is 3.39. The van der Waals surface area contributed by atoms with Crippen molar-refractivity contribution in [1.82, 2.24) is 19.7 Å². The normalized spacial score (nSPS) is 10.8. The molecule has 0 spiro atoms.